The fourth-order valence-electron chi connectivity index (χ4n) is 1.77. The predicted octanol–water partition coefficient (Wildman–Crippen LogP) is 0.0337. The molecule has 0 aliphatic carbocycles. The van der Waals surface area contributed by atoms with E-state index in [0.29, 0.717) is 23.2 Å². The van der Waals surface area contributed by atoms with Gasteiger partial charge in [-0.05, 0) is 30.3 Å². The molecule has 6 N–H and O–H groups in total. The molecule has 0 atom stereocenters. The number of hydrogen-bond donors (Lipinski definition) is 3. The van der Waals surface area contributed by atoms with Gasteiger partial charge in [0.25, 0.3) is 10.1 Å². The number of carbonyl (C=O) groups excluding carboxylic acids is 1. The molecule has 1 amide bonds. The number of primary sulfonamides is 1. The van der Waals surface area contributed by atoms with Gasteiger partial charge in [0.05, 0.1) is 16.8 Å². The van der Waals surface area contributed by atoms with Crippen LogP contribution in [0.3, 0.4) is 0 Å². The first-order valence-electron chi connectivity index (χ1n) is 6.66. The van der Waals surface area contributed by atoms with Crippen molar-refractivity contribution in [3.63, 3.8) is 0 Å². The van der Waals surface area contributed by atoms with Gasteiger partial charge in [0.1, 0.15) is 0 Å². The number of anilines is 1. The molecule has 0 fully saturated rings. The summed E-state index contributed by atoms with van der Waals surface area (Å²) in [7, 11) is -7.60. The average molecular weight is 405 g/mol. The Morgan fingerprint density at radius 3 is 2.15 bits per heavy atom. The van der Waals surface area contributed by atoms with E-state index in [-0.39, 0.29) is 16.3 Å². The lowest BCUT2D eigenvalue weighted by Gasteiger charge is -2.10. The number of rotatable bonds is 3. The number of nitrogens with two attached hydrogens (primary N) is 1. The van der Waals surface area contributed by atoms with E-state index in [0.717, 1.165) is 0 Å². The van der Waals surface area contributed by atoms with E-state index in [1.54, 1.807) is 36.5 Å². The Kier molecular flexibility index (Phi) is 8.50. The molecule has 0 saturated carbocycles. The van der Waals surface area contributed by atoms with Crippen molar-refractivity contribution >= 4 is 31.7 Å². The third kappa shape index (κ3) is 8.64. The van der Waals surface area contributed by atoms with Gasteiger partial charge in [0.2, 0.25) is 15.9 Å². The first kappa shape index (κ1) is 23.6. The van der Waals surface area contributed by atoms with E-state index in [1.165, 1.54) is 13.0 Å². The molecule has 0 bridgehead atoms. The Bertz CT molecular complexity index is 951. The highest BCUT2D eigenvalue weighted by molar-refractivity contribution is 7.89. The van der Waals surface area contributed by atoms with Crippen molar-refractivity contribution in [3.8, 4) is 11.3 Å². The standard InChI is InChI=1S/C13H13N3O3S.CH4O3S.H2O/c1-9(17)16-10-5-6-11(12-4-2-3-7-15-12)13(8-10)20(14,18)19;1-5(2,3)4;/h2-8H,1H3,(H,16,17)(H2,14,18,19);1H3,(H,2,3,4);1H2. The molecule has 2 rings (SSSR count). The summed E-state index contributed by atoms with van der Waals surface area (Å²) in [4.78, 5) is 15.1. The summed E-state index contributed by atoms with van der Waals surface area (Å²) in [5.74, 6) is -0.295. The third-order valence-electron chi connectivity index (χ3n) is 2.55. The Morgan fingerprint density at radius 2 is 1.73 bits per heavy atom. The van der Waals surface area contributed by atoms with Crippen LogP contribution in [0.4, 0.5) is 5.69 Å². The largest absolute Gasteiger partial charge is 0.412 e. The average Bonchev–Trinajstić information content (AvgIpc) is 2.45. The van der Waals surface area contributed by atoms with Crippen LogP contribution in [0, 0.1) is 0 Å². The Morgan fingerprint density at radius 1 is 1.15 bits per heavy atom. The van der Waals surface area contributed by atoms with Crippen molar-refractivity contribution in [2.45, 2.75) is 11.8 Å². The van der Waals surface area contributed by atoms with Gasteiger partial charge >= 0.3 is 0 Å². The summed E-state index contributed by atoms with van der Waals surface area (Å²) in [6, 6.07) is 9.64. The minimum atomic E-state index is -3.93. The fraction of sp³-hybridized carbons (Fsp3) is 0.143. The van der Waals surface area contributed by atoms with Crippen molar-refractivity contribution in [2.75, 3.05) is 11.6 Å². The highest BCUT2D eigenvalue weighted by Gasteiger charge is 2.17. The maximum atomic E-state index is 11.7. The molecular weight excluding hydrogens is 386 g/mol. The molecule has 2 aromatic rings. The second kappa shape index (κ2) is 9.35. The molecule has 26 heavy (non-hydrogen) atoms. The van der Waals surface area contributed by atoms with Gasteiger partial charge in [0.15, 0.2) is 0 Å². The zero-order valence-electron chi connectivity index (χ0n) is 13.9. The van der Waals surface area contributed by atoms with Gasteiger partial charge in [-0.3, -0.25) is 14.3 Å². The molecule has 10 nitrogen and oxygen atoms in total. The molecule has 0 saturated heterocycles. The van der Waals surface area contributed by atoms with Gasteiger partial charge in [-0.2, -0.15) is 8.42 Å². The van der Waals surface area contributed by atoms with Crippen molar-refractivity contribution in [2.24, 2.45) is 5.14 Å². The summed E-state index contributed by atoms with van der Waals surface area (Å²) >= 11 is 0. The lowest BCUT2D eigenvalue weighted by atomic mass is 10.1. The van der Waals surface area contributed by atoms with Crippen molar-refractivity contribution < 1.29 is 31.7 Å². The number of hydrogen-bond acceptors (Lipinski definition) is 6. The SMILES string of the molecule is CC(=O)Nc1ccc(-c2ccccn2)c(S(N)(=O)=O)c1.CS(=O)(=O)O.O. The molecule has 1 aromatic heterocycles. The number of nitrogens with zero attached hydrogens (tertiary/aromatic N) is 1. The molecule has 0 radical (unpaired) electrons. The second-order valence-corrected chi connectivity index (χ2v) is 7.88. The molecule has 1 aromatic carbocycles. The molecule has 1 heterocycles. The highest BCUT2D eigenvalue weighted by Crippen LogP contribution is 2.27. The molecule has 144 valence electrons. The van der Waals surface area contributed by atoms with Gasteiger partial charge in [-0.15, -0.1) is 0 Å². The lowest BCUT2D eigenvalue weighted by molar-refractivity contribution is -0.114. The van der Waals surface area contributed by atoms with Crippen LogP contribution in [0.15, 0.2) is 47.5 Å². The van der Waals surface area contributed by atoms with Crippen LogP contribution >= 0.6 is 0 Å². The number of benzene rings is 1. The van der Waals surface area contributed by atoms with E-state index in [9.17, 15) is 21.6 Å². The fourth-order valence-corrected chi connectivity index (χ4v) is 2.54. The number of pyridine rings is 1. The molecule has 0 spiro atoms. The zero-order chi connectivity index (χ0) is 19.3. The second-order valence-electron chi connectivity index (χ2n) is 4.89. The summed E-state index contributed by atoms with van der Waals surface area (Å²) in [6.45, 7) is 1.34. The minimum absolute atomic E-state index is 0. The number of nitrogens with one attached hydrogen (secondary N) is 1. The topological polar surface area (TPSA) is 188 Å². The smallest absolute Gasteiger partial charge is 0.261 e. The summed E-state index contributed by atoms with van der Waals surface area (Å²) in [6.07, 6.45) is 2.27. The van der Waals surface area contributed by atoms with Gasteiger partial charge < -0.3 is 10.8 Å². The summed E-state index contributed by atoms with van der Waals surface area (Å²) < 4.78 is 49.3. The normalized spacial score (nSPS) is 10.8. The van der Waals surface area contributed by atoms with Crippen molar-refractivity contribution in [1.82, 2.24) is 4.98 Å². The first-order chi connectivity index (χ1) is 11.4. The van der Waals surface area contributed by atoms with Crippen LogP contribution in [0.1, 0.15) is 6.92 Å². The van der Waals surface area contributed by atoms with E-state index in [1.807, 2.05) is 0 Å². The molecule has 0 aliphatic rings. The maximum Gasteiger partial charge on any atom is 0.261 e. The minimum Gasteiger partial charge on any atom is -0.412 e. The van der Waals surface area contributed by atoms with Crippen LogP contribution in [-0.2, 0) is 24.9 Å². The Labute approximate surface area is 151 Å². The van der Waals surface area contributed by atoms with E-state index in [4.69, 9.17) is 9.69 Å². The third-order valence-corrected chi connectivity index (χ3v) is 3.50. The Hall–Kier alpha value is -2.38. The van der Waals surface area contributed by atoms with Crippen molar-refractivity contribution in [1.29, 1.82) is 0 Å². The summed E-state index contributed by atoms with van der Waals surface area (Å²) in [5.41, 5.74) is 1.24. The number of sulfonamides is 1. The molecular formula is C14H19N3O7S2. The molecule has 12 heteroatoms. The highest BCUT2D eigenvalue weighted by atomic mass is 32.2. The van der Waals surface area contributed by atoms with Crippen LogP contribution < -0.4 is 10.5 Å². The summed E-state index contributed by atoms with van der Waals surface area (Å²) in [5, 5.41) is 7.74. The Balaban J connectivity index is 0.000000923. The monoisotopic (exact) mass is 405 g/mol. The van der Waals surface area contributed by atoms with E-state index >= 15 is 0 Å². The van der Waals surface area contributed by atoms with Crippen LogP contribution in [0.25, 0.3) is 11.3 Å². The van der Waals surface area contributed by atoms with E-state index < -0.39 is 20.1 Å². The van der Waals surface area contributed by atoms with Gasteiger partial charge in [-0.1, -0.05) is 6.07 Å². The number of amides is 1. The molecule has 0 aliphatic heterocycles. The molecule has 0 unspecified atom stereocenters. The van der Waals surface area contributed by atoms with Crippen molar-refractivity contribution in [3.05, 3.63) is 42.6 Å². The maximum absolute atomic E-state index is 11.7. The van der Waals surface area contributed by atoms with Crippen LogP contribution in [0.2, 0.25) is 0 Å². The van der Waals surface area contributed by atoms with Crippen LogP contribution in [-0.4, -0.2) is 44.0 Å². The zero-order valence-corrected chi connectivity index (χ0v) is 15.5. The van der Waals surface area contributed by atoms with E-state index in [2.05, 4.69) is 10.3 Å². The lowest BCUT2D eigenvalue weighted by Crippen LogP contribution is -2.15. The number of carbonyl (C=O) groups is 1. The first-order valence-corrected chi connectivity index (χ1v) is 10.1. The number of aromatic nitrogens is 1. The van der Waals surface area contributed by atoms with Gasteiger partial charge in [-0.25, -0.2) is 13.6 Å². The quantitative estimate of drug-likeness (QED) is 0.600. The predicted molar refractivity (Wildman–Crippen MR) is 96.4 cm³/mol. The van der Waals surface area contributed by atoms with Gasteiger partial charge in [0, 0.05) is 24.4 Å². The van der Waals surface area contributed by atoms with Crippen LogP contribution in [0.5, 0.6) is 0 Å².